The van der Waals surface area contributed by atoms with Crippen LogP contribution in [0.1, 0.15) is 57.8 Å². The first-order valence-corrected chi connectivity index (χ1v) is 6.52. The molecule has 0 fully saturated rings. The van der Waals surface area contributed by atoms with E-state index in [1.807, 2.05) is 34.6 Å². The van der Waals surface area contributed by atoms with Gasteiger partial charge in [-0.15, -0.1) is 0 Å². The smallest absolute Gasteiger partial charge is 0.273 e. The van der Waals surface area contributed by atoms with Crippen LogP contribution in [0.2, 0.25) is 0 Å². The lowest BCUT2D eigenvalue weighted by Crippen LogP contribution is -2.44. The number of carbonyl (C=O) groups is 1. The van der Waals surface area contributed by atoms with Crippen molar-refractivity contribution in [2.75, 3.05) is 6.54 Å². The van der Waals surface area contributed by atoms with E-state index in [1.54, 1.807) is 13.0 Å². The van der Waals surface area contributed by atoms with E-state index in [1.165, 1.54) is 0 Å². The van der Waals surface area contributed by atoms with Crippen molar-refractivity contribution >= 4 is 5.91 Å². The first-order valence-electron chi connectivity index (χ1n) is 6.52. The van der Waals surface area contributed by atoms with Gasteiger partial charge in [-0.25, -0.2) is 0 Å². The van der Waals surface area contributed by atoms with Crippen molar-refractivity contribution in [1.82, 2.24) is 10.5 Å². The summed E-state index contributed by atoms with van der Waals surface area (Å²) in [6.45, 7) is 11.6. The molecule has 1 heterocycles. The van der Waals surface area contributed by atoms with Crippen molar-refractivity contribution in [3.63, 3.8) is 0 Å². The average molecular weight is 268 g/mol. The maximum absolute atomic E-state index is 11.9. The van der Waals surface area contributed by atoms with Gasteiger partial charge >= 0.3 is 0 Å². The number of hydrogen-bond donors (Lipinski definition) is 2. The van der Waals surface area contributed by atoms with Gasteiger partial charge in [0.15, 0.2) is 5.69 Å². The summed E-state index contributed by atoms with van der Waals surface area (Å²) in [6.07, 6.45) is 0. The van der Waals surface area contributed by atoms with E-state index in [0.717, 1.165) is 0 Å². The number of nitrogens with zero attached hydrogens (tertiary/aromatic N) is 1. The standard InChI is InChI=1S/C14H24N2O3/c1-9(2)14(6,18)8-15-12(17)10-7-11(19-16-10)13(3,4)5/h7,9,18H,8H2,1-6H3,(H,15,17). The Bertz CT molecular complexity index is 442. The highest BCUT2D eigenvalue weighted by Gasteiger charge is 2.27. The van der Waals surface area contributed by atoms with Crippen LogP contribution in [0.4, 0.5) is 0 Å². The number of carbonyl (C=O) groups excluding carboxylic acids is 1. The molecule has 0 radical (unpaired) electrons. The molecule has 1 amide bonds. The van der Waals surface area contributed by atoms with E-state index in [0.29, 0.717) is 5.76 Å². The number of aromatic nitrogens is 1. The molecule has 0 aromatic carbocycles. The molecule has 0 aliphatic rings. The van der Waals surface area contributed by atoms with Crippen molar-refractivity contribution in [1.29, 1.82) is 0 Å². The third-order valence-electron chi connectivity index (χ3n) is 3.33. The van der Waals surface area contributed by atoms with Crippen LogP contribution in [-0.4, -0.2) is 28.3 Å². The molecule has 2 N–H and O–H groups in total. The summed E-state index contributed by atoms with van der Waals surface area (Å²) in [5.74, 6) is 0.378. The molecule has 0 spiro atoms. The van der Waals surface area contributed by atoms with Crippen LogP contribution >= 0.6 is 0 Å². The second kappa shape index (κ2) is 5.33. The third kappa shape index (κ3) is 4.06. The highest BCUT2D eigenvalue weighted by molar-refractivity contribution is 5.92. The summed E-state index contributed by atoms with van der Waals surface area (Å²) in [5.41, 5.74) is -0.884. The molecule has 1 atom stereocenters. The number of amides is 1. The quantitative estimate of drug-likeness (QED) is 0.877. The van der Waals surface area contributed by atoms with E-state index >= 15 is 0 Å². The Balaban J connectivity index is 2.67. The average Bonchev–Trinajstić information content (AvgIpc) is 2.74. The molecule has 1 aromatic heterocycles. The van der Waals surface area contributed by atoms with Crippen LogP contribution in [0.3, 0.4) is 0 Å². The van der Waals surface area contributed by atoms with Crippen LogP contribution in [0.5, 0.6) is 0 Å². The molecule has 1 rings (SSSR count). The Labute approximate surface area is 114 Å². The largest absolute Gasteiger partial charge is 0.388 e. The lowest BCUT2D eigenvalue weighted by Gasteiger charge is -2.27. The summed E-state index contributed by atoms with van der Waals surface area (Å²) in [5, 5.41) is 16.5. The Hall–Kier alpha value is -1.36. The minimum absolute atomic E-state index is 0.0512. The van der Waals surface area contributed by atoms with Crippen molar-refractivity contribution in [3.05, 3.63) is 17.5 Å². The normalized spacial score (nSPS) is 15.4. The highest BCUT2D eigenvalue weighted by Crippen LogP contribution is 2.22. The van der Waals surface area contributed by atoms with Crippen molar-refractivity contribution in [2.45, 2.75) is 52.6 Å². The van der Waals surface area contributed by atoms with Gasteiger partial charge in [-0.05, 0) is 12.8 Å². The molecular formula is C14H24N2O3. The molecule has 0 saturated heterocycles. The van der Waals surface area contributed by atoms with Gasteiger partial charge in [-0.3, -0.25) is 4.79 Å². The van der Waals surface area contributed by atoms with Crippen LogP contribution in [0.25, 0.3) is 0 Å². The van der Waals surface area contributed by atoms with Gasteiger partial charge in [-0.1, -0.05) is 39.8 Å². The molecule has 0 aliphatic heterocycles. The minimum atomic E-state index is -0.938. The van der Waals surface area contributed by atoms with Gasteiger partial charge in [0.25, 0.3) is 5.91 Å². The number of rotatable bonds is 4. The first kappa shape index (κ1) is 15.7. The SMILES string of the molecule is CC(C)C(C)(O)CNC(=O)c1cc(C(C)(C)C)on1. The van der Waals surface area contributed by atoms with Gasteiger partial charge in [0.2, 0.25) is 0 Å². The van der Waals surface area contributed by atoms with Gasteiger partial charge < -0.3 is 14.9 Å². The Morgan fingerprint density at radius 3 is 2.42 bits per heavy atom. The fourth-order valence-corrected chi connectivity index (χ4v) is 1.29. The monoisotopic (exact) mass is 268 g/mol. The summed E-state index contributed by atoms with van der Waals surface area (Å²) in [4.78, 5) is 11.9. The molecular weight excluding hydrogens is 244 g/mol. The fourth-order valence-electron chi connectivity index (χ4n) is 1.29. The lowest BCUT2D eigenvalue weighted by molar-refractivity contribution is 0.0141. The van der Waals surface area contributed by atoms with Crippen LogP contribution in [0, 0.1) is 5.92 Å². The number of aliphatic hydroxyl groups is 1. The first-order chi connectivity index (χ1) is 8.54. The Kier molecular flexibility index (Phi) is 4.40. The van der Waals surface area contributed by atoms with Gasteiger partial charge in [-0.2, -0.15) is 0 Å². The zero-order valence-corrected chi connectivity index (χ0v) is 12.6. The van der Waals surface area contributed by atoms with E-state index in [2.05, 4.69) is 10.5 Å². The molecule has 0 bridgehead atoms. The van der Waals surface area contributed by atoms with Gasteiger partial charge in [0, 0.05) is 18.0 Å². The number of nitrogens with one attached hydrogen (secondary N) is 1. The molecule has 0 saturated carbocycles. The summed E-state index contributed by atoms with van der Waals surface area (Å²) in [6, 6.07) is 1.64. The summed E-state index contributed by atoms with van der Waals surface area (Å²) < 4.78 is 5.16. The zero-order valence-electron chi connectivity index (χ0n) is 12.6. The minimum Gasteiger partial charge on any atom is -0.388 e. The lowest BCUT2D eigenvalue weighted by atomic mass is 9.92. The number of hydrogen-bond acceptors (Lipinski definition) is 4. The van der Waals surface area contributed by atoms with E-state index in [9.17, 15) is 9.90 Å². The maximum atomic E-state index is 11.9. The van der Waals surface area contributed by atoms with E-state index in [4.69, 9.17) is 4.52 Å². The molecule has 1 unspecified atom stereocenters. The molecule has 0 aliphatic carbocycles. The van der Waals surface area contributed by atoms with Gasteiger partial charge in [0.1, 0.15) is 5.76 Å². The predicted molar refractivity (Wildman–Crippen MR) is 73.0 cm³/mol. The fraction of sp³-hybridized carbons (Fsp3) is 0.714. The zero-order chi connectivity index (χ0) is 14.8. The molecule has 1 aromatic rings. The maximum Gasteiger partial charge on any atom is 0.273 e. The van der Waals surface area contributed by atoms with Crippen molar-refractivity contribution in [2.24, 2.45) is 5.92 Å². The second-order valence-electron chi connectivity index (χ2n) is 6.52. The highest BCUT2D eigenvalue weighted by atomic mass is 16.5. The Morgan fingerprint density at radius 2 is 2.00 bits per heavy atom. The second-order valence-corrected chi connectivity index (χ2v) is 6.52. The third-order valence-corrected chi connectivity index (χ3v) is 3.33. The topological polar surface area (TPSA) is 75.4 Å². The van der Waals surface area contributed by atoms with E-state index in [-0.39, 0.29) is 29.5 Å². The van der Waals surface area contributed by atoms with E-state index < -0.39 is 5.60 Å². The molecule has 5 nitrogen and oxygen atoms in total. The van der Waals surface area contributed by atoms with Crippen LogP contribution in [0.15, 0.2) is 10.6 Å². The summed E-state index contributed by atoms with van der Waals surface area (Å²) >= 11 is 0. The van der Waals surface area contributed by atoms with Crippen LogP contribution in [-0.2, 0) is 5.41 Å². The van der Waals surface area contributed by atoms with Crippen molar-refractivity contribution in [3.8, 4) is 0 Å². The summed E-state index contributed by atoms with van der Waals surface area (Å²) in [7, 11) is 0. The Morgan fingerprint density at radius 1 is 1.42 bits per heavy atom. The molecule has 108 valence electrons. The van der Waals surface area contributed by atoms with Gasteiger partial charge in [0.05, 0.1) is 5.60 Å². The molecule has 5 heteroatoms. The predicted octanol–water partition coefficient (Wildman–Crippen LogP) is 2.11. The van der Waals surface area contributed by atoms with Crippen molar-refractivity contribution < 1.29 is 14.4 Å². The van der Waals surface area contributed by atoms with Crippen LogP contribution < -0.4 is 5.32 Å². The molecule has 19 heavy (non-hydrogen) atoms.